The number of hydrogen-bond donors (Lipinski definition) is 0. The van der Waals surface area contributed by atoms with Gasteiger partial charge in [-0.1, -0.05) is 53.4 Å². The van der Waals surface area contributed by atoms with E-state index in [4.69, 9.17) is 9.47 Å². The van der Waals surface area contributed by atoms with E-state index < -0.39 is 0 Å². The first-order valence-electron chi connectivity index (χ1n) is 12.2. The number of ether oxygens (including phenoxy) is 2. The van der Waals surface area contributed by atoms with Crippen LogP contribution in [-0.2, 0) is 0 Å². The molecule has 3 rings (SSSR count). The lowest BCUT2D eigenvalue weighted by atomic mass is 10.1. The van der Waals surface area contributed by atoms with Gasteiger partial charge in [-0.25, -0.2) is 0 Å². The van der Waals surface area contributed by atoms with Gasteiger partial charge in [-0.2, -0.15) is 0 Å². The van der Waals surface area contributed by atoms with Crippen LogP contribution in [0.3, 0.4) is 0 Å². The number of benzene rings is 1. The summed E-state index contributed by atoms with van der Waals surface area (Å²) in [7, 11) is 0. The third-order valence-corrected chi connectivity index (χ3v) is 9.32. The molecule has 0 aliphatic heterocycles. The molecule has 6 heteroatoms. The fourth-order valence-corrected chi connectivity index (χ4v) is 7.34. The Labute approximate surface area is 218 Å². The van der Waals surface area contributed by atoms with Gasteiger partial charge >= 0.3 is 0 Å². The summed E-state index contributed by atoms with van der Waals surface area (Å²) in [6.45, 7) is 8.98. The molecule has 0 spiro atoms. The molecule has 0 N–H and O–H groups in total. The van der Waals surface area contributed by atoms with Crippen molar-refractivity contribution in [2.24, 2.45) is 0 Å². The largest absolute Gasteiger partial charge is 0.488 e. The van der Waals surface area contributed by atoms with Gasteiger partial charge in [0.2, 0.25) is 0 Å². The van der Waals surface area contributed by atoms with Crippen molar-refractivity contribution in [2.45, 2.75) is 104 Å². The van der Waals surface area contributed by atoms with Crippen LogP contribution in [0, 0.1) is 0 Å². The Balaban J connectivity index is 2.03. The average molecular weight is 605 g/mol. The minimum atomic E-state index is 0.247. The molecule has 0 aliphatic carbocycles. The van der Waals surface area contributed by atoms with Crippen LogP contribution >= 0.6 is 54.5 Å². The van der Waals surface area contributed by atoms with E-state index >= 15 is 0 Å². The zero-order valence-corrected chi connectivity index (χ0v) is 24.6. The van der Waals surface area contributed by atoms with Crippen molar-refractivity contribution in [1.82, 2.24) is 0 Å². The Hall–Kier alpha value is -0.300. The summed E-state index contributed by atoms with van der Waals surface area (Å²) in [6.07, 6.45) is 12.2. The fourth-order valence-electron chi connectivity index (χ4n) is 4.15. The van der Waals surface area contributed by atoms with Crippen molar-refractivity contribution in [3.8, 4) is 11.5 Å². The predicted molar refractivity (Wildman–Crippen MR) is 150 cm³/mol. The lowest BCUT2D eigenvalue weighted by Crippen LogP contribution is -2.16. The highest BCUT2D eigenvalue weighted by Gasteiger charge is 2.24. The van der Waals surface area contributed by atoms with Gasteiger partial charge in [-0.3, -0.25) is 0 Å². The van der Waals surface area contributed by atoms with Crippen LogP contribution in [0.1, 0.15) is 91.9 Å². The molecule has 0 bridgehead atoms. The van der Waals surface area contributed by atoms with Crippen LogP contribution in [0.5, 0.6) is 11.5 Å². The maximum Gasteiger partial charge on any atom is 0.146 e. The van der Waals surface area contributed by atoms with Crippen molar-refractivity contribution in [3.63, 3.8) is 0 Å². The predicted octanol–water partition coefficient (Wildman–Crippen LogP) is 11.1. The maximum atomic E-state index is 6.75. The highest BCUT2D eigenvalue weighted by Crippen LogP contribution is 2.52. The van der Waals surface area contributed by atoms with Gasteiger partial charge in [0.15, 0.2) is 0 Å². The van der Waals surface area contributed by atoms with Crippen molar-refractivity contribution >= 4 is 74.7 Å². The number of thiophene rings is 2. The summed E-state index contributed by atoms with van der Waals surface area (Å²) in [5.74, 6) is 2.06. The Bertz CT molecular complexity index is 862. The summed E-state index contributed by atoms with van der Waals surface area (Å²) in [5.41, 5.74) is 0. The summed E-state index contributed by atoms with van der Waals surface area (Å²) >= 11 is 11.0. The van der Waals surface area contributed by atoms with Crippen LogP contribution in [0.15, 0.2) is 19.7 Å². The number of unbranched alkanes of at least 4 members (excludes halogenated alkanes) is 4. The highest BCUT2D eigenvalue weighted by molar-refractivity contribution is 9.11. The van der Waals surface area contributed by atoms with Gasteiger partial charge < -0.3 is 9.47 Å². The minimum Gasteiger partial charge on any atom is -0.488 e. The normalized spacial score (nSPS) is 13.7. The second-order valence-electron chi connectivity index (χ2n) is 8.53. The number of halogens is 2. The Morgan fingerprint density at radius 2 is 1.09 bits per heavy atom. The second-order valence-corrected chi connectivity index (χ2v) is 13.4. The minimum absolute atomic E-state index is 0.247. The van der Waals surface area contributed by atoms with E-state index in [1.54, 1.807) is 22.7 Å². The molecule has 2 aromatic heterocycles. The first kappa shape index (κ1) is 26.3. The Morgan fingerprint density at radius 1 is 0.688 bits per heavy atom. The molecule has 0 aliphatic rings. The molecule has 2 atom stereocenters. The molecule has 2 unspecified atom stereocenters. The lowest BCUT2D eigenvalue weighted by molar-refractivity contribution is 0.184. The highest BCUT2D eigenvalue weighted by atomic mass is 79.9. The van der Waals surface area contributed by atoms with Gasteiger partial charge in [0, 0.05) is 10.8 Å². The molecule has 0 amide bonds. The number of rotatable bonds is 14. The molecule has 3 aromatic rings. The molecule has 0 fully saturated rings. The quantitative estimate of drug-likeness (QED) is 0.171. The van der Waals surface area contributed by atoms with E-state index in [1.807, 2.05) is 0 Å². The zero-order chi connectivity index (χ0) is 23.1. The van der Waals surface area contributed by atoms with Gasteiger partial charge in [0.1, 0.15) is 11.5 Å². The van der Waals surface area contributed by atoms with Crippen LogP contribution in [0.4, 0.5) is 0 Å². The van der Waals surface area contributed by atoms with E-state index in [0.717, 1.165) is 44.8 Å². The molecule has 2 nitrogen and oxygen atoms in total. The Morgan fingerprint density at radius 3 is 1.44 bits per heavy atom. The van der Waals surface area contributed by atoms with Crippen LogP contribution in [-0.4, -0.2) is 12.2 Å². The topological polar surface area (TPSA) is 18.5 Å². The second kappa shape index (κ2) is 13.0. The van der Waals surface area contributed by atoms with Crippen molar-refractivity contribution in [1.29, 1.82) is 0 Å². The van der Waals surface area contributed by atoms with E-state index in [0.29, 0.717) is 0 Å². The molecule has 0 saturated heterocycles. The van der Waals surface area contributed by atoms with Gasteiger partial charge in [0.05, 0.1) is 29.2 Å². The molecule has 32 heavy (non-hydrogen) atoms. The monoisotopic (exact) mass is 602 g/mol. The SMILES string of the molecule is CCCCCC(CC)Oc1c2cc(Br)sc2c(OC(CC)CCCCC)c2cc(Br)sc12. The van der Waals surface area contributed by atoms with Gasteiger partial charge in [0.25, 0.3) is 0 Å². The molecular formula is C26H36Br2O2S2. The lowest BCUT2D eigenvalue weighted by Gasteiger charge is -2.22. The van der Waals surface area contributed by atoms with E-state index in [-0.39, 0.29) is 12.2 Å². The van der Waals surface area contributed by atoms with Crippen molar-refractivity contribution in [2.75, 3.05) is 0 Å². The van der Waals surface area contributed by atoms with Crippen LogP contribution < -0.4 is 9.47 Å². The molecule has 0 radical (unpaired) electrons. The summed E-state index contributed by atoms with van der Waals surface area (Å²) in [4.78, 5) is 0. The van der Waals surface area contributed by atoms with Crippen molar-refractivity contribution in [3.05, 3.63) is 19.7 Å². The van der Waals surface area contributed by atoms with Crippen LogP contribution in [0.2, 0.25) is 0 Å². The smallest absolute Gasteiger partial charge is 0.146 e. The Kier molecular flexibility index (Phi) is 10.7. The van der Waals surface area contributed by atoms with E-state index in [1.165, 1.54) is 58.7 Å². The molecule has 0 saturated carbocycles. The van der Waals surface area contributed by atoms with Gasteiger partial charge in [-0.15, -0.1) is 22.7 Å². The molecule has 2 heterocycles. The summed E-state index contributed by atoms with van der Waals surface area (Å²) in [5, 5.41) is 2.35. The van der Waals surface area contributed by atoms with Crippen LogP contribution in [0.25, 0.3) is 20.2 Å². The van der Waals surface area contributed by atoms with E-state index in [2.05, 4.69) is 71.7 Å². The summed E-state index contributed by atoms with van der Waals surface area (Å²) < 4.78 is 18.1. The molecule has 1 aromatic carbocycles. The average Bonchev–Trinajstić information content (AvgIpc) is 3.36. The summed E-state index contributed by atoms with van der Waals surface area (Å²) in [6, 6.07) is 4.43. The van der Waals surface area contributed by atoms with E-state index in [9.17, 15) is 0 Å². The standard InChI is InChI=1S/C26H36Br2O2S2/c1-5-9-11-13-17(7-3)29-23-19-15-21(27)32-26(19)24(20-16-22(28)31-25(20)23)30-18(8-4)14-12-10-6-2/h15-18H,5-14H2,1-4H3. The third-order valence-electron chi connectivity index (χ3n) is 6.04. The molecule has 178 valence electrons. The maximum absolute atomic E-state index is 6.75. The third kappa shape index (κ3) is 6.43. The fraction of sp³-hybridized carbons (Fsp3) is 0.615. The number of fused-ring (bicyclic) bond motifs is 2. The zero-order valence-electron chi connectivity index (χ0n) is 19.8. The first-order chi connectivity index (χ1) is 15.5. The molecular weight excluding hydrogens is 568 g/mol. The number of hydrogen-bond acceptors (Lipinski definition) is 4. The van der Waals surface area contributed by atoms with Gasteiger partial charge in [-0.05, 0) is 82.5 Å². The first-order valence-corrected chi connectivity index (χ1v) is 15.4. The van der Waals surface area contributed by atoms with Crippen molar-refractivity contribution < 1.29 is 9.47 Å².